The molecule has 0 aromatic carbocycles. The first-order valence-corrected chi connectivity index (χ1v) is 7.06. The highest BCUT2D eigenvalue weighted by Gasteiger charge is 2.44. The lowest BCUT2D eigenvalue weighted by atomic mass is 9.82. The molecule has 0 atom stereocenters. The molecule has 2 aliphatic rings. The van der Waals surface area contributed by atoms with Crippen molar-refractivity contribution in [2.24, 2.45) is 5.92 Å². The Hall–Kier alpha value is -2.00. The van der Waals surface area contributed by atoms with Crippen LogP contribution in [0.3, 0.4) is 0 Å². The summed E-state index contributed by atoms with van der Waals surface area (Å²) in [7, 11) is 0. The first-order chi connectivity index (χ1) is 10.1. The van der Waals surface area contributed by atoms with Crippen LogP contribution < -0.4 is 5.32 Å². The van der Waals surface area contributed by atoms with Crippen LogP contribution in [0.4, 0.5) is 8.78 Å². The Kier molecular flexibility index (Phi) is 2.73. The minimum absolute atomic E-state index is 0.135. The first kappa shape index (κ1) is 12.7. The summed E-state index contributed by atoms with van der Waals surface area (Å²) >= 11 is 0. The van der Waals surface area contributed by atoms with Crippen molar-refractivity contribution in [1.82, 2.24) is 20.1 Å². The van der Waals surface area contributed by atoms with Crippen LogP contribution in [-0.4, -0.2) is 33.8 Å². The molecule has 1 saturated heterocycles. The topological polar surface area (TPSA) is 42.7 Å². The van der Waals surface area contributed by atoms with Crippen molar-refractivity contribution in [3.05, 3.63) is 24.0 Å². The van der Waals surface area contributed by atoms with E-state index in [2.05, 4.69) is 27.2 Å². The van der Waals surface area contributed by atoms with E-state index in [0.29, 0.717) is 11.7 Å². The van der Waals surface area contributed by atoms with Crippen LogP contribution in [0.5, 0.6) is 0 Å². The molecule has 6 heteroatoms. The number of nitrogens with one attached hydrogen (secondary N) is 1. The average molecular weight is 288 g/mol. The van der Waals surface area contributed by atoms with Crippen molar-refractivity contribution in [1.29, 1.82) is 0 Å². The summed E-state index contributed by atoms with van der Waals surface area (Å²) in [4.78, 5) is 4.37. The van der Waals surface area contributed by atoms with Crippen molar-refractivity contribution in [2.45, 2.75) is 24.8 Å². The number of pyridine rings is 1. The largest absolute Gasteiger partial charge is 0.312 e. The van der Waals surface area contributed by atoms with Gasteiger partial charge < -0.3 is 5.32 Å². The van der Waals surface area contributed by atoms with Gasteiger partial charge in [0.2, 0.25) is 0 Å². The van der Waals surface area contributed by atoms with E-state index in [-0.39, 0.29) is 18.8 Å². The molecule has 0 amide bonds. The second kappa shape index (κ2) is 4.50. The van der Waals surface area contributed by atoms with E-state index in [4.69, 9.17) is 0 Å². The van der Waals surface area contributed by atoms with Gasteiger partial charge >= 0.3 is 0 Å². The maximum absolute atomic E-state index is 12.8. The van der Waals surface area contributed by atoms with E-state index in [9.17, 15) is 8.78 Å². The number of rotatable bonds is 1. The van der Waals surface area contributed by atoms with Gasteiger partial charge in [0.15, 0.2) is 5.65 Å². The van der Waals surface area contributed by atoms with Crippen molar-refractivity contribution in [3.63, 3.8) is 0 Å². The number of hydrogen-bond acceptors (Lipinski definition) is 3. The zero-order valence-corrected chi connectivity index (χ0v) is 11.3. The van der Waals surface area contributed by atoms with E-state index in [1.165, 1.54) is 0 Å². The summed E-state index contributed by atoms with van der Waals surface area (Å²) in [5.74, 6) is 3.15. The number of aromatic nitrogens is 3. The molecule has 4 rings (SSSR count). The summed E-state index contributed by atoms with van der Waals surface area (Å²) < 4.78 is 27.5. The molecule has 4 nitrogen and oxygen atoms in total. The van der Waals surface area contributed by atoms with Gasteiger partial charge in [-0.1, -0.05) is 5.92 Å². The van der Waals surface area contributed by atoms with Gasteiger partial charge in [-0.05, 0) is 18.1 Å². The van der Waals surface area contributed by atoms with E-state index in [1.807, 2.05) is 16.8 Å². The molecule has 2 fully saturated rings. The van der Waals surface area contributed by atoms with Crippen molar-refractivity contribution >= 4 is 11.0 Å². The number of nitrogens with zero attached hydrogens (tertiary/aromatic N) is 3. The second-order valence-electron chi connectivity index (χ2n) is 5.71. The molecule has 2 aromatic rings. The third kappa shape index (κ3) is 2.18. The van der Waals surface area contributed by atoms with Gasteiger partial charge in [0.1, 0.15) is 5.69 Å². The van der Waals surface area contributed by atoms with Crippen LogP contribution in [0.1, 0.15) is 24.6 Å². The molecule has 2 aromatic heterocycles. The lowest BCUT2D eigenvalue weighted by Crippen LogP contribution is -2.43. The Morgan fingerprint density at radius 1 is 1.33 bits per heavy atom. The van der Waals surface area contributed by atoms with Crippen molar-refractivity contribution < 1.29 is 8.78 Å². The van der Waals surface area contributed by atoms with Gasteiger partial charge in [-0.25, -0.2) is 18.4 Å². The third-order valence-electron chi connectivity index (χ3n) is 4.06. The lowest BCUT2D eigenvalue weighted by Gasteiger charge is -2.31. The summed E-state index contributed by atoms with van der Waals surface area (Å²) in [6.07, 6.45) is 1.46. The van der Waals surface area contributed by atoms with Gasteiger partial charge in [-0.2, -0.15) is 5.10 Å². The Morgan fingerprint density at radius 3 is 2.81 bits per heavy atom. The summed E-state index contributed by atoms with van der Waals surface area (Å²) in [6, 6.07) is 4.07. The van der Waals surface area contributed by atoms with Gasteiger partial charge in [-0.3, -0.25) is 0 Å². The van der Waals surface area contributed by atoms with Gasteiger partial charge in [-0.15, -0.1) is 0 Å². The zero-order valence-electron chi connectivity index (χ0n) is 11.3. The van der Waals surface area contributed by atoms with Crippen LogP contribution >= 0.6 is 0 Å². The SMILES string of the molecule is FC1(F)CC(C#Cc2nn(C3CNC3)c3ncccc23)C1. The van der Waals surface area contributed by atoms with Crippen LogP contribution in [0.25, 0.3) is 11.0 Å². The van der Waals surface area contributed by atoms with Gasteiger partial charge in [0.25, 0.3) is 5.92 Å². The smallest absolute Gasteiger partial charge is 0.250 e. The average Bonchev–Trinajstić information content (AvgIpc) is 2.71. The molecule has 21 heavy (non-hydrogen) atoms. The number of alkyl halides is 2. The van der Waals surface area contributed by atoms with Crippen molar-refractivity contribution in [2.75, 3.05) is 13.1 Å². The standard InChI is InChI=1S/C15H14F2N4/c16-15(17)6-10(7-15)3-4-13-12-2-1-5-19-14(12)21(20-13)11-8-18-9-11/h1-2,5,10-11,18H,6-9H2. The highest BCUT2D eigenvalue weighted by molar-refractivity contribution is 5.81. The molecule has 0 bridgehead atoms. The fourth-order valence-corrected chi connectivity index (χ4v) is 2.70. The molecular weight excluding hydrogens is 274 g/mol. The number of hydrogen-bond donors (Lipinski definition) is 1. The Balaban J connectivity index is 1.67. The van der Waals surface area contributed by atoms with E-state index in [1.54, 1.807) is 6.20 Å². The quantitative estimate of drug-likeness (QED) is 0.816. The fraction of sp³-hybridized carbons (Fsp3) is 0.467. The predicted molar refractivity (Wildman–Crippen MR) is 74.0 cm³/mol. The third-order valence-corrected chi connectivity index (χ3v) is 4.06. The molecule has 108 valence electrons. The molecule has 0 spiro atoms. The molecular formula is C15H14F2N4. The summed E-state index contributed by atoms with van der Waals surface area (Å²) in [6.45, 7) is 1.74. The Labute approximate surface area is 120 Å². The van der Waals surface area contributed by atoms with Gasteiger partial charge in [0.05, 0.1) is 11.4 Å². The van der Waals surface area contributed by atoms with E-state index >= 15 is 0 Å². The van der Waals surface area contributed by atoms with Gasteiger partial charge in [0, 0.05) is 38.0 Å². The first-order valence-electron chi connectivity index (χ1n) is 7.06. The molecule has 1 N–H and O–H groups in total. The highest BCUT2D eigenvalue weighted by Crippen LogP contribution is 2.41. The minimum atomic E-state index is -2.53. The predicted octanol–water partition coefficient (Wildman–Crippen LogP) is 1.97. The number of fused-ring (bicyclic) bond motifs is 1. The minimum Gasteiger partial charge on any atom is -0.312 e. The maximum Gasteiger partial charge on any atom is 0.250 e. The molecule has 0 radical (unpaired) electrons. The van der Waals surface area contributed by atoms with E-state index in [0.717, 1.165) is 24.1 Å². The Bertz CT molecular complexity index is 744. The van der Waals surface area contributed by atoms with Crippen LogP contribution in [0.15, 0.2) is 18.3 Å². The van der Waals surface area contributed by atoms with Crippen LogP contribution in [-0.2, 0) is 0 Å². The molecule has 0 unspecified atom stereocenters. The van der Waals surface area contributed by atoms with Crippen molar-refractivity contribution in [3.8, 4) is 11.8 Å². The molecule has 3 heterocycles. The summed E-state index contributed by atoms with van der Waals surface area (Å²) in [5, 5.41) is 8.63. The van der Waals surface area contributed by atoms with Crippen LogP contribution in [0.2, 0.25) is 0 Å². The molecule has 1 aliphatic carbocycles. The fourth-order valence-electron chi connectivity index (χ4n) is 2.70. The second-order valence-corrected chi connectivity index (χ2v) is 5.71. The maximum atomic E-state index is 12.8. The molecule has 1 saturated carbocycles. The lowest BCUT2D eigenvalue weighted by molar-refractivity contribution is -0.0936. The number of halogens is 2. The highest BCUT2D eigenvalue weighted by atomic mass is 19.3. The van der Waals surface area contributed by atoms with E-state index < -0.39 is 5.92 Å². The van der Waals surface area contributed by atoms with Crippen LogP contribution in [0, 0.1) is 17.8 Å². The molecule has 1 aliphatic heterocycles. The monoisotopic (exact) mass is 288 g/mol. The normalized spacial score (nSPS) is 21.4. The zero-order chi connectivity index (χ0) is 14.4. The Morgan fingerprint density at radius 2 is 2.14 bits per heavy atom. The summed E-state index contributed by atoms with van der Waals surface area (Å²) in [5.41, 5.74) is 1.45.